The molecule has 0 saturated carbocycles. The van der Waals surface area contributed by atoms with Crippen molar-refractivity contribution in [3.63, 3.8) is 0 Å². The first kappa shape index (κ1) is 21.6. The van der Waals surface area contributed by atoms with Crippen LogP contribution in [0, 0.1) is 0 Å². The van der Waals surface area contributed by atoms with Crippen molar-refractivity contribution in [1.29, 1.82) is 0 Å². The Bertz CT molecular complexity index is 914. The van der Waals surface area contributed by atoms with Crippen molar-refractivity contribution in [3.05, 3.63) is 51.9 Å². The van der Waals surface area contributed by atoms with Gasteiger partial charge >= 0.3 is 5.63 Å². The minimum atomic E-state index is -0.588. The van der Waals surface area contributed by atoms with E-state index in [1.54, 1.807) is 6.07 Å². The first-order chi connectivity index (χ1) is 13.3. The quantitative estimate of drug-likeness (QED) is 0.411. The zero-order valence-electron chi connectivity index (χ0n) is 17.6. The molecule has 5 nitrogen and oxygen atoms in total. The molecule has 0 fully saturated rings. The summed E-state index contributed by atoms with van der Waals surface area (Å²) >= 11 is 0. The van der Waals surface area contributed by atoms with E-state index in [1.165, 1.54) is 18.3 Å². The van der Waals surface area contributed by atoms with E-state index in [2.05, 4.69) is 26.8 Å². The van der Waals surface area contributed by atoms with Gasteiger partial charge in [-0.15, -0.1) is 0 Å². The average molecular weight is 386 g/mol. The minimum Gasteiger partial charge on any atom is -0.487 e. The normalized spacial score (nSPS) is 11.6. The predicted octanol–water partition coefficient (Wildman–Crippen LogP) is 5.66. The Balaban J connectivity index is 2.28. The molecule has 0 unspecified atom stereocenters. The van der Waals surface area contributed by atoms with Gasteiger partial charge in [-0.2, -0.15) is 0 Å². The highest BCUT2D eigenvalue weighted by atomic mass is 16.5. The summed E-state index contributed by atoms with van der Waals surface area (Å²) in [6, 6.07) is 5.45. The molecule has 0 aliphatic heterocycles. The predicted molar refractivity (Wildman–Crippen MR) is 113 cm³/mol. The number of allylic oxidation sites excluding steroid dienone is 3. The van der Waals surface area contributed by atoms with E-state index in [0.29, 0.717) is 29.1 Å². The molecule has 0 saturated heterocycles. The highest BCUT2D eigenvalue weighted by molar-refractivity contribution is 5.89. The van der Waals surface area contributed by atoms with Crippen LogP contribution in [0.3, 0.4) is 0 Å². The molecule has 1 aromatic heterocycles. The number of ether oxygens (including phenoxy) is 3. The molecule has 0 aliphatic carbocycles. The van der Waals surface area contributed by atoms with Gasteiger partial charge in [-0.1, -0.05) is 23.3 Å². The van der Waals surface area contributed by atoms with Crippen LogP contribution in [-0.4, -0.2) is 19.8 Å². The second-order valence-electron chi connectivity index (χ2n) is 7.23. The summed E-state index contributed by atoms with van der Waals surface area (Å²) in [6.45, 7) is 10.5. The molecule has 1 heterocycles. The number of hydrogen-bond acceptors (Lipinski definition) is 5. The second-order valence-corrected chi connectivity index (χ2v) is 7.23. The number of hydrogen-bond donors (Lipinski definition) is 0. The molecule has 0 spiro atoms. The largest absolute Gasteiger partial charge is 0.487 e. The third kappa shape index (κ3) is 5.65. The van der Waals surface area contributed by atoms with Crippen LogP contribution in [-0.2, 0) is 0 Å². The number of methoxy groups -OCH3 is 1. The molecular weight excluding hydrogens is 356 g/mol. The van der Waals surface area contributed by atoms with Crippen molar-refractivity contribution in [2.45, 2.75) is 53.6 Å². The number of benzene rings is 1. The van der Waals surface area contributed by atoms with Gasteiger partial charge in [0.2, 0.25) is 5.75 Å². The number of rotatable bonds is 9. The van der Waals surface area contributed by atoms with E-state index in [-0.39, 0.29) is 11.9 Å². The third-order valence-electron chi connectivity index (χ3n) is 4.13. The first-order valence-electron chi connectivity index (χ1n) is 9.55. The Morgan fingerprint density at radius 1 is 1.14 bits per heavy atom. The lowest BCUT2D eigenvalue weighted by Crippen LogP contribution is -2.12. The Hall–Kier alpha value is -2.69. The molecule has 0 amide bonds. The minimum absolute atomic E-state index is 0.0633. The van der Waals surface area contributed by atoms with E-state index in [4.69, 9.17) is 18.6 Å². The zero-order valence-corrected chi connectivity index (χ0v) is 17.6. The monoisotopic (exact) mass is 386 g/mol. The van der Waals surface area contributed by atoms with Crippen LogP contribution >= 0.6 is 0 Å². The van der Waals surface area contributed by atoms with Gasteiger partial charge in [0, 0.05) is 0 Å². The fraction of sp³-hybridized carbons (Fsp3) is 0.435. The Labute approximate surface area is 166 Å². The molecule has 0 aliphatic rings. The van der Waals surface area contributed by atoms with Gasteiger partial charge in [0.05, 0.1) is 18.6 Å². The van der Waals surface area contributed by atoms with E-state index in [9.17, 15) is 4.79 Å². The Morgan fingerprint density at radius 3 is 2.54 bits per heavy atom. The van der Waals surface area contributed by atoms with Crippen LogP contribution in [0.4, 0.5) is 0 Å². The molecule has 0 atom stereocenters. The smallest absolute Gasteiger partial charge is 0.383 e. The van der Waals surface area contributed by atoms with Crippen LogP contribution in [0.2, 0.25) is 0 Å². The Morgan fingerprint density at radius 2 is 1.89 bits per heavy atom. The fourth-order valence-electron chi connectivity index (χ4n) is 2.76. The number of fused-ring (bicyclic) bond motifs is 1. The molecule has 2 aromatic rings. The van der Waals surface area contributed by atoms with E-state index in [1.807, 2.05) is 32.1 Å². The van der Waals surface area contributed by atoms with Crippen LogP contribution in [0.1, 0.15) is 47.5 Å². The zero-order chi connectivity index (χ0) is 20.7. The van der Waals surface area contributed by atoms with Gasteiger partial charge in [-0.25, -0.2) is 4.79 Å². The van der Waals surface area contributed by atoms with Crippen molar-refractivity contribution in [2.24, 2.45) is 0 Å². The maximum atomic E-state index is 12.3. The van der Waals surface area contributed by atoms with Crippen LogP contribution in [0.5, 0.6) is 17.2 Å². The molecule has 2 rings (SSSR count). The van der Waals surface area contributed by atoms with Gasteiger partial charge < -0.3 is 18.6 Å². The SMILES string of the molecule is COc1c(OC(C)C)c2cccc(OCC=C(C)CCC=C(C)C)c2oc1=O. The summed E-state index contributed by atoms with van der Waals surface area (Å²) in [5.74, 6) is 0.940. The molecule has 152 valence electrons. The summed E-state index contributed by atoms with van der Waals surface area (Å²) in [4.78, 5) is 12.3. The maximum Gasteiger partial charge on any atom is 0.383 e. The Kier molecular flexibility index (Phi) is 7.73. The van der Waals surface area contributed by atoms with Crippen molar-refractivity contribution < 1.29 is 18.6 Å². The summed E-state index contributed by atoms with van der Waals surface area (Å²) in [5, 5.41) is 0.645. The first-order valence-corrected chi connectivity index (χ1v) is 9.55. The summed E-state index contributed by atoms with van der Waals surface area (Å²) in [6.07, 6.45) is 6.16. The molecule has 0 radical (unpaired) electrons. The van der Waals surface area contributed by atoms with Crippen molar-refractivity contribution in [1.82, 2.24) is 0 Å². The van der Waals surface area contributed by atoms with Crippen LogP contribution in [0.25, 0.3) is 11.0 Å². The average Bonchev–Trinajstić information content (AvgIpc) is 2.61. The molecule has 0 bridgehead atoms. The van der Waals surface area contributed by atoms with Gasteiger partial charge in [-0.05, 0) is 65.7 Å². The van der Waals surface area contributed by atoms with Crippen LogP contribution < -0.4 is 19.8 Å². The highest BCUT2D eigenvalue weighted by Gasteiger charge is 2.20. The summed E-state index contributed by atoms with van der Waals surface area (Å²) in [5.41, 5.74) is 2.35. The lowest BCUT2D eigenvalue weighted by Gasteiger charge is -2.15. The second kappa shape index (κ2) is 10.0. The lowest BCUT2D eigenvalue weighted by molar-refractivity contribution is 0.229. The molecular formula is C23H30O5. The standard InChI is InChI=1S/C23H30O5/c1-15(2)9-7-10-17(5)13-14-26-19-12-8-11-18-20(19)28-23(24)22(25-6)21(18)27-16(3)4/h8-9,11-13,16H,7,10,14H2,1-6H3. The number of para-hydroxylation sites is 1. The van der Waals surface area contributed by atoms with Crippen molar-refractivity contribution in [3.8, 4) is 17.2 Å². The lowest BCUT2D eigenvalue weighted by atomic mass is 10.1. The maximum absolute atomic E-state index is 12.3. The van der Waals surface area contributed by atoms with Gasteiger partial charge in [0.15, 0.2) is 17.1 Å². The fourth-order valence-corrected chi connectivity index (χ4v) is 2.76. The van der Waals surface area contributed by atoms with Crippen molar-refractivity contribution in [2.75, 3.05) is 13.7 Å². The molecule has 28 heavy (non-hydrogen) atoms. The van der Waals surface area contributed by atoms with Gasteiger partial charge in [0.25, 0.3) is 0 Å². The summed E-state index contributed by atoms with van der Waals surface area (Å²) < 4.78 is 22.4. The summed E-state index contributed by atoms with van der Waals surface area (Å²) in [7, 11) is 1.43. The third-order valence-corrected chi connectivity index (χ3v) is 4.13. The topological polar surface area (TPSA) is 57.9 Å². The highest BCUT2D eigenvalue weighted by Crippen LogP contribution is 2.37. The van der Waals surface area contributed by atoms with E-state index < -0.39 is 5.63 Å². The molecule has 5 heteroatoms. The van der Waals surface area contributed by atoms with E-state index in [0.717, 1.165) is 12.8 Å². The van der Waals surface area contributed by atoms with E-state index >= 15 is 0 Å². The van der Waals surface area contributed by atoms with Gasteiger partial charge in [0.1, 0.15) is 6.61 Å². The van der Waals surface area contributed by atoms with Gasteiger partial charge in [-0.3, -0.25) is 0 Å². The molecule has 0 N–H and O–H groups in total. The van der Waals surface area contributed by atoms with Crippen LogP contribution in [0.15, 0.2) is 50.7 Å². The molecule has 1 aromatic carbocycles. The van der Waals surface area contributed by atoms with Crippen molar-refractivity contribution >= 4 is 11.0 Å².